The number of nitrogens with zero attached hydrogens (tertiary/aromatic N) is 3. The number of aryl methyl sites for hydroxylation is 1. The molecule has 4 rings (SSSR count). The van der Waals surface area contributed by atoms with Crippen molar-refractivity contribution >= 4 is 46.1 Å². The number of hydrogen-bond donors (Lipinski definition) is 0. The van der Waals surface area contributed by atoms with Gasteiger partial charge in [0.15, 0.2) is 5.78 Å². The van der Waals surface area contributed by atoms with Gasteiger partial charge in [-0.3, -0.25) is 9.59 Å². The number of pyridine rings is 1. The predicted octanol–water partition coefficient (Wildman–Crippen LogP) is 4.85. The van der Waals surface area contributed by atoms with Crippen molar-refractivity contribution in [2.45, 2.75) is 31.3 Å². The first kappa shape index (κ1) is 20.8. The molecule has 0 unspecified atom stereocenters. The van der Waals surface area contributed by atoms with Crippen LogP contribution in [0.5, 0.6) is 0 Å². The molecular formula is C22H19N3O2S3. The maximum atomic E-state index is 13.2. The number of thioether (sulfide) groups is 1. The first-order chi connectivity index (χ1) is 14.5. The van der Waals surface area contributed by atoms with Crippen LogP contribution in [0, 0.1) is 18.3 Å². The van der Waals surface area contributed by atoms with Crippen LogP contribution in [0.3, 0.4) is 0 Å². The Labute approximate surface area is 187 Å². The molecule has 0 fully saturated rings. The fraction of sp³-hybridized carbons (Fsp3) is 0.273. The lowest BCUT2D eigenvalue weighted by atomic mass is 9.98. The van der Waals surface area contributed by atoms with E-state index in [2.05, 4.69) is 28.6 Å². The van der Waals surface area contributed by atoms with Gasteiger partial charge in [-0.15, -0.1) is 22.7 Å². The van der Waals surface area contributed by atoms with Crippen LogP contribution in [0.15, 0.2) is 40.1 Å². The summed E-state index contributed by atoms with van der Waals surface area (Å²) in [6, 6.07) is 9.84. The zero-order valence-electron chi connectivity index (χ0n) is 16.5. The number of hydrogen-bond acceptors (Lipinski definition) is 7. The molecule has 152 valence electrons. The lowest BCUT2D eigenvalue weighted by molar-refractivity contribution is -0.130. The fourth-order valence-electron chi connectivity index (χ4n) is 3.68. The maximum absolute atomic E-state index is 13.2. The molecule has 1 atom stereocenters. The molecule has 3 aromatic heterocycles. The van der Waals surface area contributed by atoms with E-state index in [4.69, 9.17) is 0 Å². The van der Waals surface area contributed by atoms with E-state index in [-0.39, 0.29) is 23.5 Å². The first-order valence-corrected chi connectivity index (χ1v) is 12.2. The average molecular weight is 454 g/mol. The minimum atomic E-state index is -0.122. The SMILES string of the molecule is CC(=O)c1cc(C#N)c(SCC(=O)N2CCc3sccc3[C@H]2c2cccs2)nc1C. The van der Waals surface area contributed by atoms with Crippen LogP contribution >= 0.6 is 34.4 Å². The molecule has 1 amide bonds. The summed E-state index contributed by atoms with van der Waals surface area (Å²) in [6.07, 6.45) is 0.861. The summed E-state index contributed by atoms with van der Waals surface area (Å²) in [4.78, 5) is 33.8. The summed E-state index contributed by atoms with van der Waals surface area (Å²) in [5, 5.41) is 14.1. The zero-order chi connectivity index (χ0) is 21.3. The molecule has 0 saturated heterocycles. The van der Waals surface area contributed by atoms with E-state index in [1.54, 1.807) is 35.7 Å². The van der Waals surface area contributed by atoms with Gasteiger partial charge < -0.3 is 4.90 Å². The van der Waals surface area contributed by atoms with Gasteiger partial charge in [-0.05, 0) is 54.8 Å². The highest BCUT2D eigenvalue weighted by Gasteiger charge is 2.33. The van der Waals surface area contributed by atoms with Crippen LogP contribution in [-0.2, 0) is 11.2 Å². The van der Waals surface area contributed by atoms with E-state index in [0.29, 0.717) is 28.4 Å². The Morgan fingerprint density at radius 3 is 2.87 bits per heavy atom. The molecule has 1 aliphatic rings. The molecule has 4 heterocycles. The van der Waals surface area contributed by atoms with Crippen molar-refractivity contribution in [3.05, 3.63) is 67.2 Å². The number of nitriles is 1. The number of Topliss-reactive ketones (excluding diaryl/α,β-unsaturated/α-hetero) is 1. The minimum absolute atomic E-state index is 0.0224. The Morgan fingerprint density at radius 2 is 2.17 bits per heavy atom. The van der Waals surface area contributed by atoms with Gasteiger partial charge in [0.25, 0.3) is 0 Å². The Hall–Kier alpha value is -2.47. The summed E-state index contributed by atoms with van der Waals surface area (Å²) in [5.41, 5.74) is 2.57. The van der Waals surface area contributed by atoms with Crippen LogP contribution in [0.2, 0.25) is 0 Å². The minimum Gasteiger partial charge on any atom is -0.330 e. The van der Waals surface area contributed by atoms with Crippen LogP contribution < -0.4 is 0 Å². The Bertz CT molecular complexity index is 1150. The molecule has 30 heavy (non-hydrogen) atoms. The van der Waals surface area contributed by atoms with Gasteiger partial charge in [-0.1, -0.05) is 17.8 Å². The molecule has 0 spiro atoms. The lowest BCUT2D eigenvalue weighted by Gasteiger charge is -2.35. The van der Waals surface area contributed by atoms with Gasteiger partial charge in [0, 0.05) is 27.6 Å². The molecule has 8 heteroatoms. The molecule has 5 nitrogen and oxygen atoms in total. The van der Waals surface area contributed by atoms with E-state index in [1.165, 1.54) is 29.1 Å². The number of aromatic nitrogens is 1. The molecule has 0 saturated carbocycles. The van der Waals surface area contributed by atoms with Crippen molar-refractivity contribution in [1.29, 1.82) is 5.26 Å². The second-order valence-corrected chi connectivity index (χ2v) is 9.93. The number of carbonyl (C=O) groups is 2. The largest absolute Gasteiger partial charge is 0.330 e. The Kier molecular flexibility index (Phi) is 6.04. The number of fused-ring (bicyclic) bond motifs is 1. The van der Waals surface area contributed by atoms with Crippen molar-refractivity contribution in [3.63, 3.8) is 0 Å². The van der Waals surface area contributed by atoms with Crippen LogP contribution in [0.4, 0.5) is 0 Å². The molecule has 0 aromatic carbocycles. The van der Waals surface area contributed by atoms with Crippen molar-refractivity contribution in [2.24, 2.45) is 0 Å². The van der Waals surface area contributed by atoms with Gasteiger partial charge in [-0.2, -0.15) is 5.26 Å². The van der Waals surface area contributed by atoms with Crippen molar-refractivity contribution in [2.75, 3.05) is 12.3 Å². The maximum Gasteiger partial charge on any atom is 0.233 e. The molecule has 0 N–H and O–H groups in total. The smallest absolute Gasteiger partial charge is 0.233 e. The predicted molar refractivity (Wildman–Crippen MR) is 120 cm³/mol. The molecule has 0 aliphatic carbocycles. The molecule has 3 aromatic rings. The number of rotatable bonds is 5. The normalized spacial score (nSPS) is 15.5. The summed E-state index contributed by atoms with van der Waals surface area (Å²) < 4.78 is 0. The summed E-state index contributed by atoms with van der Waals surface area (Å²) >= 11 is 4.67. The van der Waals surface area contributed by atoms with Gasteiger partial charge in [0.2, 0.25) is 5.91 Å². The number of amides is 1. The third-order valence-electron chi connectivity index (χ3n) is 5.11. The highest BCUT2D eigenvalue weighted by Crippen LogP contribution is 2.40. The second kappa shape index (κ2) is 8.72. The molecule has 0 bridgehead atoms. The van der Waals surface area contributed by atoms with Gasteiger partial charge in [0.05, 0.1) is 17.4 Å². The van der Waals surface area contributed by atoms with Crippen LogP contribution in [0.25, 0.3) is 0 Å². The standard InChI is InChI=1S/C22H19N3O2S3/c1-13-17(14(2)26)10-15(11-23)22(24-13)30-12-20(27)25-7-5-18-16(6-9-29-18)21(25)19-4-3-8-28-19/h3-4,6,8-10,21H,5,7,12H2,1-2H3/t21-/m0/s1. The van der Waals surface area contributed by atoms with Crippen LogP contribution in [-0.4, -0.2) is 33.9 Å². The highest BCUT2D eigenvalue weighted by atomic mass is 32.2. The van der Waals surface area contributed by atoms with E-state index in [0.717, 1.165) is 11.3 Å². The third-order valence-corrected chi connectivity index (χ3v) is 8.01. The number of carbonyl (C=O) groups excluding carboxylic acids is 2. The van der Waals surface area contributed by atoms with Crippen molar-refractivity contribution < 1.29 is 9.59 Å². The average Bonchev–Trinajstić information content (AvgIpc) is 3.42. The summed E-state index contributed by atoms with van der Waals surface area (Å²) in [6.45, 7) is 3.89. The van der Waals surface area contributed by atoms with E-state index in [1.807, 2.05) is 16.3 Å². The Balaban J connectivity index is 1.57. The van der Waals surface area contributed by atoms with E-state index in [9.17, 15) is 14.9 Å². The zero-order valence-corrected chi connectivity index (χ0v) is 19.0. The monoisotopic (exact) mass is 453 g/mol. The lowest BCUT2D eigenvalue weighted by Crippen LogP contribution is -2.40. The molecule has 0 radical (unpaired) electrons. The first-order valence-electron chi connectivity index (χ1n) is 9.44. The number of thiophene rings is 2. The van der Waals surface area contributed by atoms with Gasteiger partial charge >= 0.3 is 0 Å². The van der Waals surface area contributed by atoms with Crippen molar-refractivity contribution in [1.82, 2.24) is 9.88 Å². The molecule has 1 aliphatic heterocycles. The van der Waals surface area contributed by atoms with Gasteiger partial charge in [-0.25, -0.2) is 4.98 Å². The number of ketones is 1. The topological polar surface area (TPSA) is 74.1 Å². The van der Waals surface area contributed by atoms with E-state index < -0.39 is 0 Å². The summed E-state index contributed by atoms with van der Waals surface area (Å²) in [5.74, 6) is 0.0963. The van der Waals surface area contributed by atoms with Crippen molar-refractivity contribution in [3.8, 4) is 6.07 Å². The quantitative estimate of drug-likeness (QED) is 0.408. The fourth-order valence-corrected chi connectivity index (χ4v) is 6.33. The second-order valence-electron chi connectivity index (χ2n) is 6.98. The molecular weight excluding hydrogens is 434 g/mol. The van der Waals surface area contributed by atoms with E-state index >= 15 is 0 Å². The summed E-state index contributed by atoms with van der Waals surface area (Å²) in [7, 11) is 0. The highest BCUT2D eigenvalue weighted by molar-refractivity contribution is 8.00. The Morgan fingerprint density at radius 1 is 1.33 bits per heavy atom. The third kappa shape index (κ3) is 3.93. The van der Waals surface area contributed by atoms with Crippen LogP contribution in [0.1, 0.15) is 49.9 Å². The van der Waals surface area contributed by atoms with Gasteiger partial charge in [0.1, 0.15) is 11.1 Å².